The average molecular weight is 786 g/mol. The molecular formula is C40H59N5O9S. The molecule has 2 saturated heterocycles. The molecule has 3 N–H and O–H groups in total. The van der Waals surface area contributed by atoms with Gasteiger partial charge in [-0.1, -0.05) is 65.5 Å². The fourth-order valence-corrected chi connectivity index (χ4v) is 8.62. The van der Waals surface area contributed by atoms with E-state index in [-0.39, 0.29) is 23.6 Å². The van der Waals surface area contributed by atoms with Crippen LogP contribution in [0.1, 0.15) is 110 Å². The molecule has 0 saturated carbocycles. The number of benzene rings is 2. The molecule has 2 heterocycles. The highest BCUT2D eigenvalue weighted by molar-refractivity contribution is 8.01. The Morgan fingerprint density at radius 2 is 1.42 bits per heavy atom. The van der Waals surface area contributed by atoms with E-state index in [1.165, 1.54) is 147 Å². The summed E-state index contributed by atoms with van der Waals surface area (Å²) in [6.07, 6.45) is 10.1. The number of quaternary nitrogens is 1. The van der Waals surface area contributed by atoms with Crippen molar-refractivity contribution in [3.8, 4) is 5.75 Å². The summed E-state index contributed by atoms with van der Waals surface area (Å²) in [5, 5.41) is 36.4. The lowest BCUT2D eigenvalue weighted by Crippen LogP contribution is -2.72. The van der Waals surface area contributed by atoms with E-state index in [0.29, 0.717) is 5.56 Å². The average Bonchev–Trinajstić information content (AvgIpc) is 3.42. The molecule has 304 valence electrons. The van der Waals surface area contributed by atoms with E-state index in [0.717, 1.165) is 0 Å². The zero-order valence-electron chi connectivity index (χ0n) is 33.1. The van der Waals surface area contributed by atoms with Gasteiger partial charge in [0.25, 0.3) is 5.69 Å². The first-order valence-electron chi connectivity index (χ1n) is 19.4. The molecule has 4 atom stereocenters. The molecule has 0 aromatic heterocycles. The van der Waals surface area contributed by atoms with Gasteiger partial charge < -0.3 is 39.8 Å². The first-order valence-corrected chi connectivity index (χ1v) is 20.3. The van der Waals surface area contributed by atoms with E-state index in [4.69, 9.17) is 4.74 Å². The standard InChI is InChI=1S/C24H24N4O9S.C16H36N/c1-24(2)18(22(32)33)27-20(31)17(21(27)38-24)25-19(30)16(13-5-9-15(29)10-6-13)26-23(34)37-11-12-3-7-14(8-4-12)28(35)36;1-5-9-13-17(14-10-6-2,15-11-7-3)16-12-8-4/h3-10,16-18,21,29H,11H2,1-2H3,(H,25,30)(H,26,34)(H,32,33);5-16H2,1-4H3/q;+1/p-1/t16?,17?,18-,21+;/m0./s1. The molecule has 2 fully saturated rings. The molecule has 0 radical (unpaired) electrons. The summed E-state index contributed by atoms with van der Waals surface area (Å²) in [7, 11) is 0. The number of carboxylic acids is 1. The summed E-state index contributed by atoms with van der Waals surface area (Å²) in [5.74, 6) is -2.80. The Morgan fingerprint density at radius 3 is 1.87 bits per heavy atom. The maximum atomic E-state index is 13.2. The maximum Gasteiger partial charge on any atom is 0.408 e. The van der Waals surface area contributed by atoms with Gasteiger partial charge >= 0.3 is 6.09 Å². The number of nitro groups is 1. The van der Waals surface area contributed by atoms with Gasteiger partial charge in [0.05, 0.1) is 43.1 Å². The number of thioether (sulfide) groups is 1. The number of hydrogen-bond donors (Lipinski definition) is 3. The molecule has 15 heteroatoms. The van der Waals surface area contributed by atoms with Gasteiger partial charge in [-0.15, -0.1) is 11.8 Å². The second kappa shape index (κ2) is 21.1. The number of aliphatic carboxylic acids is 1. The van der Waals surface area contributed by atoms with Crippen molar-refractivity contribution in [1.82, 2.24) is 15.5 Å². The van der Waals surface area contributed by atoms with E-state index in [1.54, 1.807) is 13.8 Å². The van der Waals surface area contributed by atoms with Gasteiger partial charge in [-0.3, -0.25) is 19.7 Å². The fraction of sp³-hybridized carbons (Fsp3) is 0.600. The van der Waals surface area contributed by atoms with E-state index in [1.807, 2.05) is 0 Å². The first kappa shape index (κ1) is 45.0. The number of non-ortho nitro benzene ring substituents is 1. The minimum Gasteiger partial charge on any atom is -0.548 e. The minimum absolute atomic E-state index is 0.0728. The van der Waals surface area contributed by atoms with Crippen LogP contribution in [0.2, 0.25) is 0 Å². The van der Waals surface area contributed by atoms with Crippen molar-refractivity contribution in [3.63, 3.8) is 0 Å². The monoisotopic (exact) mass is 785 g/mol. The Balaban J connectivity index is 0.000000404. The Morgan fingerprint density at radius 1 is 0.909 bits per heavy atom. The van der Waals surface area contributed by atoms with E-state index in [9.17, 15) is 39.5 Å². The van der Waals surface area contributed by atoms with Gasteiger partial charge in [0, 0.05) is 16.9 Å². The number of phenols is 1. The molecule has 3 amide bonds. The number of amides is 3. The summed E-state index contributed by atoms with van der Waals surface area (Å²) in [6, 6.07) is 7.31. The molecule has 2 aliphatic rings. The number of ether oxygens (including phenoxy) is 1. The smallest absolute Gasteiger partial charge is 0.408 e. The second-order valence-corrected chi connectivity index (χ2v) is 16.7. The molecule has 2 aromatic carbocycles. The Bertz CT molecular complexity index is 1550. The van der Waals surface area contributed by atoms with Crippen LogP contribution in [0.3, 0.4) is 0 Å². The molecule has 0 spiro atoms. The number of aromatic hydroxyl groups is 1. The number of alkyl carbamates (subject to hydrolysis) is 1. The SMILES string of the molecule is CC1(C)S[C@@H]2C(NC(=O)C(NC(=O)OCc3ccc([N+](=O)[O-])cc3)c3ccc(O)cc3)C(=O)N2[C@H]1C(=O)[O-].CCCC[N+](CCCC)(CCCC)CCCC. The highest BCUT2D eigenvalue weighted by Crippen LogP contribution is 2.50. The first-order chi connectivity index (χ1) is 26.1. The molecule has 4 rings (SSSR count). The van der Waals surface area contributed by atoms with Crippen molar-refractivity contribution < 1.29 is 43.5 Å². The number of nitro benzene ring substituents is 1. The van der Waals surface area contributed by atoms with Crippen LogP contribution in [0.5, 0.6) is 5.75 Å². The van der Waals surface area contributed by atoms with Crippen molar-refractivity contribution in [2.45, 2.75) is 128 Å². The quantitative estimate of drug-likeness (QED) is 0.0662. The number of carbonyl (C=O) groups excluding carboxylic acids is 4. The number of phenolic OH excluding ortho intramolecular Hbond substituents is 1. The molecule has 2 aliphatic heterocycles. The zero-order valence-corrected chi connectivity index (χ0v) is 33.9. The molecule has 2 unspecified atom stereocenters. The number of β-lactam (4-membered cyclic amide) rings is 1. The number of carbonyl (C=O) groups is 4. The van der Waals surface area contributed by atoms with Crippen LogP contribution >= 0.6 is 11.8 Å². The Labute approximate surface area is 329 Å². The summed E-state index contributed by atoms with van der Waals surface area (Å²) < 4.78 is 5.74. The van der Waals surface area contributed by atoms with Crippen molar-refractivity contribution in [2.75, 3.05) is 26.2 Å². The largest absolute Gasteiger partial charge is 0.548 e. The fourth-order valence-electron chi connectivity index (χ4n) is 7.00. The lowest BCUT2D eigenvalue weighted by atomic mass is 9.95. The topological polar surface area (TPSA) is 191 Å². The van der Waals surface area contributed by atoms with Gasteiger partial charge in [-0.05, 0) is 74.9 Å². The number of nitrogens with one attached hydrogen (secondary N) is 2. The summed E-state index contributed by atoms with van der Waals surface area (Å²) >= 11 is 1.22. The third kappa shape index (κ3) is 12.3. The Kier molecular flexibility index (Phi) is 17.3. The highest BCUT2D eigenvalue weighted by Gasteiger charge is 2.62. The minimum atomic E-state index is -1.39. The van der Waals surface area contributed by atoms with Gasteiger partial charge in [0.1, 0.15) is 29.8 Å². The van der Waals surface area contributed by atoms with Gasteiger partial charge in [-0.2, -0.15) is 0 Å². The van der Waals surface area contributed by atoms with Gasteiger partial charge in [-0.25, -0.2) is 4.79 Å². The molecule has 0 aliphatic carbocycles. The highest BCUT2D eigenvalue weighted by atomic mass is 32.2. The number of carboxylic acid groups (broad SMARTS) is 1. The van der Waals surface area contributed by atoms with Crippen LogP contribution in [0.15, 0.2) is 48.5 Å². The summed E-state index contributed by atoms with van der Waals surface area (Å²) in [5.41, 5.74) is 0.629. The van der Waals surface area contributed by atoms with Gasteiger partial charge in [0.15, 0.2) is 0 Å². The van der Waals surface area contributed by atoms with Crippen molar-refractivity contribution in [1.29, 1.82) is 0 Å². The van der Waals surface area contributed by atoms with E-state index >= 15 is 0 Å². The predicted molar refractivity (Wildman–Crippen MR) is 210 cm³/mol. The predicted octanol–water partition coefficient (Wildman–Crippen LogP) is 5.57. The van der Waals surface area contributed by atoms with E-state index < -0.39 is 57.0 Å². The third-order valence-corrected chi connectivity index (χ3v) is 11.7. The lowest BCUT2D eigenvalue weighted by molar-refractivity contribution is -0.929. The normalized spacial score (nSPS) is 18.9. The number of unbranched alkanes of at least 4 members (excludes halogenated alkanes) is 4. The van der Waals surface area contributed by atoms with Crippen LogP contribution in [0, 0.1) is 10.1 Å². The van der Waals surface area contributed by atoms with Crippen LogP contribution in [-0.4, -0.2) is 91.7 Å². The van der Waals surface area contributed by atoms with Gasteiger partial charge in [0.2, 0.25) is 11.8 Å². The Hall–Kier alpha value is -4.37. The van der Waals surface area contributed by atoms with Crippen molar-refractivity contribution in [2.24, 2.45) is 0 Å². The summed E-state index contributed by atoms with van der Waals surface area (Å²) in [6.45, 7) is 18.1. The molecule has 55 heavy (non-hydrogen) atoms. The van der Waals surface area contributed by atoms with Crippen LogP contribution in [0.4, 0.5) is 10.5 Å². The number of nitrogens with zero attached hydrogens (tertiary/aromatic N) is 3. The summed E-state index contributed by atoms with van der Waals surface area (Å²) in [4.78, 5) is 61.5. The second-order valence-electron chi connectivity index (χ2n) is 14.9. The number of fused-ring (bicyclic) bond motifs is 1. The lowest BCUT2D eigenvalue weighted by Gasteiger charge is -2.45. The zero-order chi connectivity index (χ0) is 40.8. The van der Waals surface area contributed by atoms with E-state index in [2.05, 4.69) is 38.3 Å². The third-order valence-electron chi connectivity index (χ3n) is 10.2. The number of rotatable bonds is 20. The van der Waals surface area contributed by atoms with Crippen LogP contribution in [0.25, 0.3) is 0 Å². The van der Waals surface area contributed by atoms with Crippen molar-refractivity contribution in [3.05, 3.63) is 69.8 Å². The molecule has 14 nitrogen and oxygen atoms in total. The van der Waals surface area contributed by atoms with Crippen molar-refractivity contribution >= 4 is 41.3 Å². The van der Waals surface area contributed by atoms with Crippen LogP contribution in [-0.2, 0) is 25.7 Å². The molecule has 2 aromatic rings. The van der Waals surface area contributed by atoms with Crippen LogP contribution < -0.4 is 15.7 Å². The molecular weight excluding hydrogens is 727 g/mol. The number of hydrogen-bond acceptors (Lipinski definition) is 10. The molecule has 0 bridgehead atoms. The maximum absolute atomic E-state index is 13.2.